The fourth-order valence-electron chi connectivity index (χ4n) is 2.79. The Morgan fingerprint density at radius 2 is 2.00 bits per heavy atom. The summed E-state index contributed by atoms with van der Waals surface area (Å²) in [5.74, 6) is -0.106. The van der Waals surface area contributed by atoms with Gasteiger partial charge in [0.1, 0.15) is 5.15 Å². The number of hydrogen-bond donors (Lipinski definition) is 0. The molecule has 0 saturated heterocycles. The van der Waals surface area contributed by atoms with E-state index in [1.165, 1.54) is 0 Å². The van der Waals surface area contributed by atoms with Crippen LogP contribution in [0, 0.1) is 0 Å². The van der Waals surface area contributed by atoms with Crippen molar-refractivity contribution in [2.24, 2.45) is 0 Å². The SMILES string of the molecule is O=C1c2ccccc2C(Cl)N1N1C=Cc2ccc(Cl)nc2C1. The summed E-state index contributed by atoms with van der Waals surface area (Å²) in [6.45, 7) is 0.454. The molecule has 1 aromatic carbocycles. The smallest absolute Gasteiger partial charge is 0.274 e. The Kier molecular flexibility index (Phi) is 3.10. The number of amides is 1. The molecule has 0 N–H and O–H groups in total. The fraction of sp³-hybridized carbons (Fsp3) is 0.125. The Bertz CT molecular complexity index is 806. The van der Waals surface area contributed by atoms with E-state index in [0.29, 0.717) is 17.3 Å². The quantitative estimate of drug-likeness (QED) is 0.452. The van der Waals surface area contributed by atoms with Crippen LogP contribution >= 0.6 is 23.2 Å². The highest BCUT2D eigenvalue weighted by Crippen LogP contribution is 2.38. The van der Waals surface area contributed by atoms with Gasteiger partial charge in [-0.05, 0) is 29.8 Å². The predicted molar refractivity (Wildman–Crippen MR) is 85.0 cm³/mol. The van der Waals surface area contributed by atoms with E-state index < -0.39 is 5.50 Å². The first-order chi connectivity index (χ1) is 10.6. The third-order valence-electron chi connectivity index (χ3n) is 3.86. The second-order valence-electron chi connectivity index (χ2n) is 5.16. The molecule has 0 fully saturated rings. The van der Waals surface area contributed by atoms with Gasteiger partial charge in [-0.25, -0.2) is 9.99 Å². The zero-order chi connectivity index (χ0) is 15.3. The Hall–Kier alpha value is -2.04. The van der Waals surface area contributed by atoms with E-state index in [9.17, 15) is 4.79 Å². The molecule has 0 aliphatic carbocycles. The minimum Gasteiger partial charge on any atom is -0.282 e. The number of rotatable bonds is 1. The number of carbonyl (C=O) groups is 1. The first-order valence-electron chi connectivity index (χ1n) is 6.82. The Balaban J connectivity index is 1.69. The first-order valence-corrected chi connectivity index (χ1v) is 7.63. The number of alkyl halides is 1. The predicted octanol–water partition coefficient (Wildman–Crippen LogP) is 3.83. The van der Waals surface area contributed by atoms with Crippen molar-refractivity contribution in [3.63, 3.8) is 0 Å². The Morgan fingerprint density at radius 1 is 1.18 bits per heavy atom. The van der Waals surface area contributed by atoms with Crippen LogP contribution in [0.25, 0.3) is 6.08 Å². The van der Waals surface area contributed by atoms with E-state index in [2.05, 4.69) is 4.98 Å². The van der Waals surface area contributed by atoms with E-state index in [0.717, 1.165) is 16.8 Å². The molecule has 1 unspecified atom stereocenters. The number of halogens is 2. The number of fused-ring (bicyclic) bond motifs is 2. The second kappa shape index (κ2) is 5.00. The van der Waals surface area contributed by atoms with Gasteiger partial charge < -0.3 is 0 Å². The maximum Gasteiger partial charge on any atom is 0.274 e. The van der Waals surface area contributed by atoms with E-state index >= 15 is 0 Å². The number of carbonyl (C=O) groups excluding carboxylic acids is 1. The summed E-state index contributed by atoms with van der Waals surface area (Å²) in [6.07, 6.45) is 3.75. The minimum atomic E-state index is -0.519. The summed E-state index contributed by atoms with van der Waals surface area (Å²) in [4.78, 5) is 16.9. The van der Waals surface area contributed by atoms with Crippen molar-refractivity contribution < 1.29 is 4.79 Å². The van der Waals surface area contributed by atoms with Gasteiger partial charge >= 0.3 is 0 Å². The third kappa shape index (κ3) is 1.99. The van der Waals surface area contributed by atoms with Gasteiger partial charge in [0, 0.05) is 17.3 Å². The van der Waals surface area contributed by atoms with E-state index in [-0.39, 0.29) is 5.91 Å². The van der Waals surface area contributed by atoms with Gasteiger partial charge in [0.15, 0.2) is 5.50 Å². The Morgan fingerprint density at radius 3 is 2.82 bits per heavy atom. The lowest BCUT2D eigenvalue weighted by atomic mass is 10.1. The molecule has 110 valence electrons. The number of hydrazine groups is 1. The number of pyridine rings is 1. The normalized spacial score (nSPS) is 19.4. The monoisotopic (exact) mass is 331 g/mol. The molecule has 2 aliphatic heterocycles. The summed E-state index contributed by atoms with van der Waals surface area (Å²) in [7, 11) is 0. The van der Waals surface area contributed by atoms with Crippen LogP contribution in [0.15, 0.2) is 42.6 Å². The van der Waals surface area contributed by atoms with Crippen LogP contribution in [0.1, 0.15) is 32.7 Å². The summed E-state index contributed by atoms with van der Waals surface area (Å²) >= 11 is 12.4. The zero-order valence-electron chi connectivity index (χ0n) is 11.4. The number of benzene rings is 1. The van der Waals surface area contributed by atoms with Crippen LogP contribution in [-0.2, 0) is 6.54 Å². The van der Waals surface area contributed by atoms with Gasteiger partial charge in [0.05, 0.1) is 12.2 Å². The Labute approximate surface area is 137 Å². The standard InChI is InChI=1S/C16H11Cl2N3O/c17-14-6-5-10-7-8-20(9-13(10)19-14)21-15(18)11-3-1-2-4-12(11)16(21)22/h1-8,15H,9H2. The van der Waals surface area contributed by atoms with E-state index in [1.54, 1.807) is 22.2 Å². The zero-order valence-corrected chi connectivity index (χ0v) is 12.9. The van der Waals surface area contributed by atoms with Crippen LogP contribution < -0.4 is 0 Å². The second-order valence-corrected chi connectivity index (χ2v) is 5.96. The van der Waals surface area contributed by atoms with Crippen LogP contribution in [0.4, 0.5) is 0 Å². The molecular formula is C16H11Cl2N3O. The van der Waals surface area contributed by atoms with Crippen molar-refractivity contribution in [2.45, 2.75) is 12.0 Å². The van der Waals surface area contributed by atoms with Crippen molar-refractivity contribution >= 4 is 35.2 Å². The number of hydrogen-bond acceptors (Lipinski definition) is 3. The minimum absolute atomic E-state index is 0.106. The molecule has 2 aliphatic rings. The number of nitrogens with zero attached hydrogens (tertiary/aromatic N) is 3. The molecule has 0 radical (unpaired) electrons. The lowest BCUT2D eigenvalue weighted by Gasteiger charge is -2.34. The first kappa shape index (κ1) is 13.6. The maximum atomic E-state index is 12.6. The molecule has 4 rings (SSSR count). The average Bonchev–Trinajstić information content (AvgIpc) is 2.79. The molecule has 2 aromatic rings. The lowest BCUT2D eigenvalue weighted by molar-refractivity contribution is 0.0118. The highest BCUT2D eigenvalue weighted by atomic mass is 35.5. The topological polar surface area (TPSA) is 36.4 Å². The van der Waals surface area contributed by atoms with E-state index in [1.807, 2.05) is 36.5 Å². The summed E-state index contributed by atoms with van der Waals surface area (Å²) < 4.78 is 0. The van der Waals surface area contributed by atoms with Gasteiger partial charge in [-0.2, -0.15) is 0 Å². The maximum absolute atomic E-state index is 12.6. The molecule has 22 heavy (non-hydrogen) atoms. The molecule has 0 bridgehead atoms. The molecule has 1 aromatic heterocycles. The molecule has 1 amide bonds. The van der Waals surface area contributed by atoms with Crippen molar-refractivity contribution in [3.05, 3.63) is 70.1 Å². The molecule has 1 atom stereocenters. The summed E-state index contributed by atoms with van der Waals surface area (Å²) in [5, 5.41) is 3.77. The highest BCUT2D eigenvalue weighted by Gasteiger charge is 2.38. The highest BCUT2D eigenvalue weighted by molar-refractivity contribution is 6.29. The fourth-order valence-corrected chi connectivity index (χ4v) is 3.34. The average molecular weight is 332 g/mol. The molecule has 0 saturated carbocycles. The molecule has 6 heteroatoms. The largest absolute Gasteiger partial charge is 0.282 e. The van der Waals surface area contributed by atoms with Gasteiger partial charge in [-0.1, -0.05) is 41.4 Å². The summed E-state index contributed by atoms with van der Waals surface area (Å²) in [5.41, 5.74) is 2.76. The molecule has 4 nitrogen and oxygen atoms in total. The molecule has 3 heterocycles. The lowest BCUT2D eigenvalue weighted by Crippen LogP contribution is -2.41. The van der Waals surface area contributed by atoms with Gasteiger partial charge in [-0.3, -0.25) is 9.80 Å². The molecule has 0 spiro atoms. The van der Waals surface area contributed by atoms with Gasteiger partial charge in [0.25, 0.3) is 5.91 Å². The van der Waals surface area contributed by atoms with Crippen molar-refractivity contribution in [3.8, 4) is 0 Å². The van der Waals surface area contributed by atoms with Crippen LogP contribution in [0.3, 0.4) is 0 Å². The van der Waals surface area contributed by atoms with Crippen molar-refractivity contribution in [2.75, 3.05) is 0 Å². The molecular weight excluding hydrogens is 321 g/mol. The third-order valence-corrected chi connectivity index (χ3v) is 4.49. The number of aromatic nitrogens is 1. The van der Waals surface area contributed by atoms with Gasteiger partial charge in [0.2, 0.25) is 0 Å². The van der Waals surface area contributed by atoms with Crippen LogP contribution in [0.5, 0.6) is 0 Å². The van der Waals surface area contributed by atoms with Crippen molar-refractivity contribution in [1.29, 1.82) is 0 Å². The van der Waals surface area contributed by atoms with Gasteiger partial charge in [-0.15, -0.1) is 0 Å². The summed E-state index contributed by atoms with van der Waals surface area (Å²) in [6, 6.07) is 11.1. The van der Waals surface area contributed by atoms with Crippen molar-refractivity contribution in [1.82, 2.24) is 15.0 Å². The van der Waals surface area contributed by atoms with E-state index in [4.69, 9.17) is 23.2 Å². The van der Waals surface area contributed by atoms with Crippen LogP contribution in [-0.4, -0.2) is 20.9 Å². The van der Waals surface area contributed by atoms with Crippen LogP contribution in [0.2, 0.25) is 5.15 Å².